The van der Waals surface area contributed by atoms with Crippen molar-refractivity contribution in [2.24, 2.45) is 5.73 Å². The second kappa shape index (κ2) is 10.0. The molecule has 0 unspecified atom stereocenters. The molecule has 29 heavy (non-hydrogen) atoms. The van der Waals surface area contributed by atoms with Crippen LogP contribution in [-0.4, -0.2) is 29.2 Å². The van der Waals surface area contributed by atoms with E-state index in [1.807, 2.05) is 48.5 Å². The van der Waals surface area contributed by atoms with E-state index in [1.165, 1.54) is 7.11 Å². The first-order valence-electron chi connectivity index (χ1n) is 9.36. The smallest absolute Gasteiger partial charge is 0.411 e. The molecule has 1 amide bonds. The summed E-state index contributed by atoms with van der Waals surface area (Å²) in [7, 11) is 1.33. The zero-order valence-corrected chi connectivity index (χ0v) is 17.3. The Balaban J connectivity index is 1.87. The highest BCUT2D eigenvalue weighted by atomic mass is 32.2. The summed E-state index contributed by atoms with van der Waals surface area (Å²) in [5.41, 5.74) is 11.0. The summed E-state index contributed by atoms with van der Waals surface area (Å²) in [6, 6.07) is 19.4. The van der Waals surface area contributed by atoms with E-state index < -0.39 is 6.09 Å². The van der Waals surface area contributed by atoms with Crippen LogP contribution in [0.1, 0.15) is 24.2 Å². The number of carbonyl (C=O) groups is 1. The van der Waals surface area contributed by atoms with Crippen LogP contribution in [0.3, 0.4) is 0 Å². The second-order valence-electron chi connectivity index (χ2n) is 6.41. The fraction of sp³-hybridized carbons (Fsp3) is 0.227. The van der Waals surface area contributed by atoms with Gasteiger partial charge in [0.1, 0.15) is 5.03 Å². The Morgan fingerprint density at radius 3 is 2.52 bits per heavy atom. The van der Waals surface area contributed by atoms with E-state index in [0.717, 1.165) is 33.2 Å². The fourth-order valence-corrected chi connectivity index (χ4v) is 3.61. The molecule has 150 valence electrons. The van der Waals surface area contributed by atoms with Gasteiger partial charge in [0, 0.05) is 11.3 Å². The maximum atomic E-state index is 11.4. The van der Waals surface area contributed by atoms with Gasteiger partial charge in [-0.05, 0) is 41.5 Å². The van der Waals surface area contributed by atoms with Gasteiger partial charge in [-0.1, -0.05) is 49.4 Å². The Kier molecular flexibility index (Phi) is 7.21. The standard InChI is InChI=1S/C22H24N4O2S/c1-3-29-21-18(16-9-11-17(12-10-16)24-22(27)28-2)14-20(25-26-21)19(23)13-15-7-5-4-6-8-15/h4-12,14,19H,3,13,23H2,1-2H3,(H,24,27)/t19-/m0/s1. The zero-order chi connectivity index (χ0) is 20.6. The summed E-state index contributed by atoms with van der Waals surface area (Å²) in [6.07, 6.45) is 0.191. The first-order chi connectivity index (χ1) is 14.1. The van der Waals surface area contributed by atoms with Crippen LogP contribution in [-0.2, 0) is 11.2 Å². The van der Waals surface area contributed by atoms with Gasteiger partial charge >= 0.3 is 6.09 Å². The minimum atomic E-state index is -0.500. The number of rotatable bonds is 7. The minimum absolute atomic E-state index is 0.246. The predicted molar refractivity (Wildman–Crippen MR) is 117 cm³/mol. The highest BCUT2D eigenvalue weighted by Gasteiger charge is 2.15. The molecular formula is C22H24N4O2S. The van der Waals surface area contributed by atoms with Crippen LogP contribution in [0.15, 0.2) is 65.7 Å². The Bertz CT molecular complexity index is 949. The fourth-order valence-electron chi connectivity index (χ4n) is 2.90. The molecule has 0 spiro atoms. The van der Waals surface area contributed by atoms with Gasteiger partial charge in [-0.3, -0.25) is 5.32 Å². The maximum Gasteiger partial charge on any atom is 0.411 e. The Morgan fingerprint density at radius 2 is 1.86 bits per heavy atom. The number of amides is 1. The van der Waals surface area contributed by atoms with Crippen LogP contribution in [0, 0.1) is 0 Å². The molecule has 0 saturated carbocycles. The van der Waals surface area contributed by atoms with E-state index in [1.54, 1.807) is 11.8 Å². The average Bonchev–Trinajstić information content (AvgIpc) is 2.75. The number of nitrogens with two attached hydrogens (primary N) is 1. The molecule has 0 fully saturated rings. The van der Waals surface area contributed by atoms with Crippen molar-refractivity contribution in [3.63, 3.8) is 0 Å². The molecule has 3 aromatic rings. The number of hydrogen-bond donors (Lipinski definition) is 2. The summed E-state index contributed by atoms with van der Waals surface area (Å²) < 4.78 is 4.63. The van der Waals surface area contributed by atoms with Crippen molar-refractivity contribution in [2.75, 3.05) is 18.2 Å². The molecule has 0 bridgehead atoms. The normalized spacial score (nSPS) is 11.7. The number of hydrogen-bond acceptors (Lipinski definition) is 6. The van der Waals surface area contributed by atoms with Crippen LogP contribution < -0.4 is 11.1 Å². The molecule has 0 radical (unpaired) electrons. The third-order valence-electron chi connectivity index (χ3n) is 4.37. The molecule has 7 heteroatoms. The number of methoxy groups -OCH3 is 1. The lowest BCUT2D eigenvalue weighted by molar-refractivity contribution is 0.187. The Labute approximate surface area is 174 Å². The van der Waals surface area contributed by atoms with Crippen LogP contribution in [0.25, 0.3) is 11.1 Å². The summed E-state index contributed by atoms with van der Waals surface area (Å²) >= 11 is 1.64. The predicted octanol–water partition coefficient (Wildman–Crippen LogP) is 4.68. The maximum absolute atomic E-state index is 11.4. The van der Waals surface area contributed by atoms with Crippen molar-refractivity contribution in [3.8, 4) is 11.1 Å². The van der Waals surface area contributed by atoms with Crippen molar-refractivity contribution in [2.45, 2.75) is 24.4 Å². The summed E-state index contributed by atoms with van der Waals surface area (Å²) in [6.45, 7) is 2.08. The van der Waals surface area contributed by atoms with E-state index in [9.17, 15) is 4.79 Å². The molecule has 1 atom stereocenters. The molecule has 0 aliphatic carbocycles. The Hall–Kier alpha value is -2.90. The summed E-state index contributed by atoms with van der Waals surface area (Å²) in [4.78, 5) is 11.4. The number of thioether (sulfide) groups is 1. The second-order valence-corrected chi connectivity index (χ2v) is 7.66. The van der Waals surface area contributed by atoms with Gasteiger partial charge in [0.2, 0.25) is 0 Å². The van der Waals surface area contributed by atoms with Gasteiger partial charge in [-0.25, -0.2) is 4.79 Å². The number of ether oxygens (including phenoxy) is 1. The van der Waals surface area contributed by atoms with Crippen LogP contribution in [0.2, 0.25) is 0 Å². The van der Waals surface area contributed by atoms with Gasteiger partial charge in [0.05, 0.1) is 18.8 Å². The first-order valence-corrected chi connectivity index (χ1v) is 10.3. The third-order valence-corrected chi connectivity index (χ3v) is 5.23. The van der Waals surface area contributed by atoms with Gasteiger partial charge in [0.25, 0.3) is 0 Å². The van der Waals surface area contributed by atoms with Crippen molar-refractivity contribution in [1.82, 2.24) is 10.2 Å². The average molecular weight is 409 g/mol. The van der Waals surface area contributed by atoms with Gasteiger partial charge < -0.3 is 10.5 Å². The molecule has 2 aromatic carbocycles. The van der Waals surface area contributed by atoms with Crippen molar-refractivity contribution in [3.05, 3.63) is 71.9 Å². The molecule has 1 heterocycles. The van der Waals surface area contributed by atoms with E-state index in [-0.39, 0.29) is 6.04 Å². The number of anilines is 1. The lowest BCUT2D eigenvalue weighted by Gasteiger charge is -2.14. The van der Waals surface area contributed by atoms with Crippen molar-refractivity contribution >= 4 is 23.5 Å². The molecule has 3 rings (SSSR count). The van der Waals surface area contributed by atoms with Crippen LogP contribution in [0.5, 0.6) is 0 Å². The summed E-state index contributed by atoms with van der Waals surface area (Å²) in [5, 5.41) is 12.3. The van der Waals surface area contributed by atoms with E-state index in [4.69, 9.17) is 5.73 Å². The molecule has 0 saturated heterocycles. The monoisotopic (exact) mass is 408 g/mol. The molecule has 3 N–H and O–H groups in total. The SMILES string of the molecule is CCSc1nnc([C@@H](N)Cc2ccccc2)cc1-c1ccc(NC(=O)OC)cc1. The van der Waals surface area contributed by atoms with E-state index >= 15 is 0 Å². The topological polar surface area (TPSA) is 90.1 Å². The number of nitrogens with zero attached hydrogens (tertiary/aromatic N) is 2. The Morgan fingerprint density at radius 1 is 1.14 bits per heavy atom. The molecule has 1 aromatic heterocycles. The summed E-state index contributed by atoms with van der Waals surface area (Å²) in [5.74, 6) is 0.888. The number of nitrogens with one attached hydrogen (secondary N) is 1. The minimum Gasteiger partial charge on any atom is -0.453 e. The number of aromatic nitrogens is 2. The largest absolute Gasteiger partial charge is 0.453 e. The van der Waals surface area contributed by atoms with Crippen molar-refractivity contribution in [1.29, 1.82) is 0 Å². The van der Waals surface area contributed by atoms with Gasteiger partial charge in [-0.2, -0.15) is 5.10 Å². The van der Waals surface area contributed by atoms with Gasteiger partial charge in [-0.15, -0.1) is 16.9 Å². The lowest BCUT2D eigenvalue weighted by atomic mass is 10.0. The molecule has 6 nitrogen and oxygen atoms in total. The van der Waals surface area contributed by atoms with E-state index in [2.05, 4.69) is 39.3 Å². The van der Waals surface area contributed by atoms with Crippen molar-refractivity contribution < 1.29 is 9.53 Å². The molecule has 0 aliphatic rings. The highest BCUT2D eigenvalue weighted by molar-refractivity contribution is 7.99. The van der Waals surface area contributed by atoms with E-state index in [0.29, 0.717) is 12.1 Å². The van der Waals surface area contributed by atoms with Gasteiger partial charge in [0.15, 0.2) is 0 Å². The quantitative estimate of drug-likeness (QED) is 0.552. The number of carbonyl (C=O) groups excluding carboxylic acids is 1. The molecule has 0 aliphatic heterocycles. The van der Waals surface area contributed by atoms with Crippen LogP contribution >= 0.6 is 11.8 Å². The third kappa shape index (κ3) is 5.56. The molecular weight excluding hydrogens is 384 g/mol. The lowest BCUT2D eigenvalue weighted by Crippen LogP contribution is -2.16. The van der Waals surface area contributed by atoms with Crippen LogP contribution in [0.4, 0.5) is 10.5 Å². The number of benzene rings is 2. The zero-order valence-electron chi connectivity index (χ0n) is 16.5. The first kappa shape index (κ1) is 20.8. The highest BCUT2D eigenvalue weighted by Crippen LogP contribution is 2.31.